The maximum Gasteiger partial charge on any atom is 0.245 e. The summed E-state index contributed by atoms with van der Waals surface area (Å²) in [6, 6.07) is 18.0. The summed E-state index contributed by atoms with van der Waals surface area (Å²) in [6.07, 6.45) is 3.91. The lowest BCUT2D eigenvalue weighted by atomic mass is 10.1. The van der Waals surface area contributed by atoms with Gasteiger partial charge in [-0.1, -0.05) is 61.2 Å². The number of hydrazone groups is 1. The molecule has 1 amide bonds. The van der Waals surface area contributed by atoms with Gasteiger partial charge in [-0.3, -0.25) is 9.80 Å². The monoisotopic (exact) mass is 347 g/mol. The van der Waals surface area contributed by atoms with Crippen molar-refractivity contribution in [2.24, 2.45) is 5.10 Å². The number of allylic oxidation sites excluding steroid dienone is 2. The Labute approximate surface area is 153 Å². The van der Waals surface area contributed by atoms with E-state index < -0.39 is 6.61 Å². The summed E-state index contributed by atoms with van der Waals surface area (Å²) in [5, 5.41) is 18.0. The molecule has 5 nitrogen and oxygen atoms in total. The molecule has 1 aliphatic rings. The van der Waals surface area contributed by atoms with Gasteiger partial charge in [0.15, 0.2) is 0 Å². The van der Waals surface area contributed by atoms with E-state index in [9.17, 15) is 4.79 Å². The van der Waals surface area contributed by atoms with E-state index in [1.807, 2.05) is 59.6 Å². The Morgan fingerprint density at radius 1 is 1.04 bits per heavy atom. The first kappa shape index (κ1) is 17.6. The second-order valence-electron chi connectivity index (χ2n) is 5.98. The number of benzene rings is 2. The summed E-state index contributed by atoms with van der Waals surface area (Å²) >= 11 is 0. The third kappa shape index (κ3) is 4.46. The zero-order chi connectivity index (χ0) is 18.4. The summed E-state index contributed by atoms with van der Waals surface area (Å²) < 4.78 is 0. The maximum absolute atomic E-state index is 11.1. The molecule has 5 heteroatoms. The highest BCUT2D eigenvalue weighted by Gasteiger charge is 2.12. The summed E-state index contributed by atoms with van der Waals surface area (Å²) in [4.78, 5) is 11.1. The van der Waals surface area contributed by atoms with E-state index in [-0.39, 0.29) is 5.91 Å². The van der Waals surface area contributed by atoms with Crippen LogP contribution in [0.5, 0.6) is 0 Å². The van der Waals surface area contributed by atoms with Crippen LogP contribution in [0.15, 0.2) is 84.1 Å². The van der Waals surface area contributed by atoms with Crippen LogP contribution in [0.2, 0.25) is 0 Å². The van der Waals surface area contributed by atoms with Gasteiger partial charge in [-0.05, 0) is 23.3 Å². The van der Waals surface area contributed by atoms with Crippen LogP contribution in [0.25, 0.3) is 0 Å². The smallest absolute Gasteiger partial charge is 0.245 e. The summed E-state index contributed by atoms with van der Waals surface area (Å²) in [7, 11) is 0. The Morgan fingerprint density at radius 2 is 1.77 bits per heavy atom. The van der Waals surface area contributed by atoms with E-state index in [4.69, 9.17) is 10.2 Å². The first-order valence-corrected chi connectivity index (χ1v) is 8.39. The van der Waals surface area contributed by atoms with Crippen molar-refractivity contribution in [2.75, 3.05) is 6.61 Å². The molecule has 0 bridgehead atoms. The average molecular weight is 347 g/mol. The van der Waals surface area contributed by atoms with E-state index >= 15 is 0 Å². The van der Waals surface area contributed by atoms with E-state index in [2.05, 4.69) is 24.0 Å². The number of hydrogen-bond donors (Lipinski definition) is 2. The largest absolute Gasteiger partial charge is 0.387 e. The second-order valence-corrected chi connectivity index (χ2v) is 5.98. The van der Waals surface area contributed by atoms with Crippen LogP contribution in [0.4, 0.5) is 0 Å². The summed E-state index contributed by atoms with van der Waals surface area (Å²) in [6.45, 7) is 4.61. The lowest BCUT2D eigenvalue weighted by Crippen LogP contribution is -2.25. The molecule has 0 radical (unpaired) electrons. The first-order valence-electron chi connectivity index (χ1n) is 8.39. The number of carbonyl (C=O) groups excluding carboxylic acids is 1. The van der Waals surface area contributed by atoms with Gasteiger partial charge in [0.1, 0.15) is 6.61 Å². The second kappa shape index (κ2) is 8.27. The molecule has 0 unspecified atom stereocenters. The van der Waals surface area contributed by atoms with Crippen molar-refractivity contribution >= 4 is 11.6 Å². The Kier molecular flexibility index (Phi) is 5.61. The van der Waals surface area contributed by atoms with Crippen LogP contribution in [-0.4, -0.2) is 28.3 Å². The molecule has 3 rings (SSSR count). The normalized spacial score (nSPS) is 13.5. The third-order valence-corrected chi connectivity index (χ3v) is 4.05. The highest BCUT2D eigenvalue weighted by molar-refractivity contribution is 6.09. The minimum Gasteiger partial charge on any atom is -0.387 e. The predicted octanol–water partition coefficient (Wildman–Crippen LogP) is 2.58. The highest BCUT2D eigenvalue weighted by atomic mass is 16.3. The number of nitrogens with zero attached hydrogens (tertiary/aromatic N) is 2. The first-order chi connectivity index (χ1) is 12.7. The van der Waals surface area contributed by atoms with E-state index in [1.54, 1.807) is 0 Å². The van der Waals surface area contributed by atoms with Gasteiger partial charge in [-0.15, -0.1) is 0 Å². The zero-order valence-corrected chi connectivity index (χ0v) is 14.4. The van der Waals surface area contributed by atoms with Crippen molar-refractivity contribution in [1.82, 2.24) is 10.3 Å². The molecule has 132 valence electrons. The van der Waals surface area contributed by atoms with Gasteiger partial charge in [0.25, 0.3) is 0 Å². The van der Waals surface area contributed by atoms with Crippen LogP contribution >= 0.6 is 0 Å². The number of rotatable bonds is 6. The van der Waals surface area contributed by atoms with Crippen LogP contribution < -0.4 is 5.32 Å². The minimum absolute atomic E-state index is 0.385. The van der Waals surface area contributed by atoms with Gasteiger partial charge in [-0.25, -0.2) is 0 Å². The van der Waals surface area contributed by atoms with Crippen molar-refractivity contribution in [3.05, 3.63) is 95.7 Å². The van der Waals surface area contributed by atoms with E-state index in [1.165, 1.54) is 5.56 Å². The average Bonchev–Trinajstić information content (AvgIpc) is 2.69. The molecule has 2 aromatic carbocycles. The number of hydrogen-bond acceptors (Lipinski definition) is 4. The fourth-order valence-electron chi connectivity index (χ4n) is 2.59. The Bertz CT molecular complexity index is 839. The molecule has 0 fully saturated rings. The summed E-state index contributed by atoms with van der Waals surface area (Å²) in [5.41, 5.74) is 4.83. The van der Waals surface area contributed by atoms with Gasteiger partial charge in [-0.2, -0.15) is 5.10 Å². The van der Waals surface area contributed by atoms with E-state index in [0.717, 1.165) is 22.5 Å². The van der Waals surface area contributed by atoms with Crippen LogP contribution in [0.1, 0.15) is 16.7 Å². The molecule has 0 aromatic heterocycles. The molecule has 0 aliphatic carbocycles. The number of aliphatic hydroxyl groups excluding tert-OH is 1. The van der Waals surface area contributed by atoms with Crippen LogP contribution in [-0.2, 0) is 17.9 Å². The Hall–Kier alpha value is -3.18. The molecule has 0 saturated heterocycles. The molecular formula is C21H21N3O2. The number of aliphatic hydroxyl groups is 1. The number of nitrogens with one attached hydrogen (secondary N) is 1. The van der Waals surface area contributed by atoms with Gasteiger partial charge in [0.05, 0.1) is 18.0 Å². The van der Waals surface area contributed by atoms with Crippen molar-refractivity contribution in [3.63, 3.8) is 0 Å². The quantitative estimate of drug-likeness (QED) is 0.844. The van der Waals surface area contributed by atoms with Gasteiger partial charge >= 0.3 is 0 Å². The molecule has 0 atom stereocenters. The molecular weight excluding hydrogens is 326 g/mol. The van der Waals surface area contributed by atoms with Crippen LogP contribution in [0.3, 0.4) is 0 Å². The predicted molar refractivity (Wildman–Crippen MR) is 102 cm³/mol. The third-order valence-electron chi connectivity index (χ3n) is 4.05. The fraction of sp³-hybridized carbons (Fsp3) is 0.143. The highest BCUT2D eigenvalue weighted by Crippen LogP contribution is 2.18. The molecule has 0 saturated carbocycles. The Morgan fingerprint density at radius 3 is 2.46 bits per heavy atom. The summed E-state index contributed by atoms with van der Waals surface area (Å²) in [5.74, 6) is -0.385. The van der Waals surface area contributed by atoms with Crippen LogP contribution in [0, 0.1) is 0 Å². The van der Waals surface area contributed by atoms with Gasteiger partial charge < -0.3 is 10.4 Å². The Balaban J connectivity index is 1.71. The minimum atomic E-state index is -0.499. The molecule has 2 N–H and O–H groups in total. The van der Waals surface area contributed by atoms with Crippen molar-refractivity contribution < 1.29 is 9.90 Å². The molecule has 0 spiro atoms. The van der Waals surface area contributed by atoms with E-state index in [0.29, 0.717) is 13.1 Å². The van der Waals surface area contributed by atoms with Crippen molar-refractivity contribution in [3.8, 4) is 0 Å². The van der Waals surface area contributed by atoms with Gasteiger partial charge in [0, 0.05) is 12.1 Å². The molecule has 1 heterocycles. The standard InChI is InChI=1S/C21H21N3O2/c1-16-7-12-20(23-24(16)14-18-5-3-2-4-6-18)19-10-8-17(9-11-19)13-22-21(26)15-25/h2-12,25H,1,13-15H2,(H,22,26). The topological polar surface area (TPSA) is 64.9 Å². The zero-order valence-electron chi connectivity index (χ0n) is 14.4. The van der Waals surface area contributed by atoms with Crippen molar-refractivity contribution in [1.29, 1.82) is 0 Å². The molecule has 2 aromatic rings. The number of carbonyl (C=O) groups is 1. The fourth-order valence-corrected chi connectivity index (χ4v) is 2.59. The maximum atomic E-state index is 11.1. The number of amides is 1. The van der Waals surface area contributed by atoms with Gasteiger partial charge in [0.2, 0.25) is 5.91 Å². The SMILES string of the molecule is C=C1C=CC(c2ccc(CNC(=O)CO)cc2)=NN1Cc1ccccc1. The molecule has 26 heavy (non-hydrogen) atoms. The van der Waals surface area contributed by atoms with Crippen molar-refractivity contribution in [2.45, 2.75) is 13.1 Å². The lowest BCUT2D eigenvalue weighted by molar-refractivity contribution is -0.123. The lowest BCUT2D eigenvalue weighted by Gasteiger charge is -2.24. The molecule has 1 aliphatic heterocycles.